The number of guanidine groups is 1. The van der Waals surface area contributed by atoms with Crippen molar-refractivity contribution in [1.82, 2.24) is 20.4 Å². The lowest BCUT2D eigenvalue weighted by molar-refractivity contribution is -0.133. The van der Waals surface area contributed by atoms with Gasteiger partial charge in [0.05, 0.1) is 12.6 Å². The molecular formula is C21H35N5O2. The van der Waals surface area contributed by atoms with Crippen LogP contribution >= 0.6 is 0 Å². The number of rotatable bonds is 9. The van der Waals surface area contributed by atoms with Gasteiger partial charge in [0.25, 0.3) is 0 Å². The van der Waals surface area contributed by atoms with Crippen LogP contribution in [0.4, 0.5) is 0 Å². The van der Waals surface area contributed by atoms with Gasteiger partial charge in [-0.05, 0) is 44.9 Å². The molecule has 1 saturated heterocycles. The van der Waals surface area contributed by atoms with Crippen LogP contribution in [0.5, 0.6) is 5.75 Å². The van der Waals surface area contributed by atoms with E-state index in [4.69, 9.17) is 4.74 Å². The third-order valence-corrected chi connectivity index (χ3v) is 4.91. The van der Waals surface area contributed by atoms with Crippen molar-refractivity contribution in [1.29, 1.82) is 0 Å². The number of amides is 1. The van der Waals surface area contributed by atoms with E-state index in [9.17, 15) is 4.79 Å². The Morgan fingerprint density at radius 1 is 1.25 bits per heavy atom. The van der Waals surface area contributed by atoms with Crippen molar-refractivity contribution in [3.05, 3.63) is 29.8 Å². The number of nitrogens with zero attached hydrogens (tertiary/aromatic N) is 3. The highest BCUT2D eigenvalue weighted by molar-refractivity contribution is 5.81. The molecule has 1 heterocycles. The van der Waals surface area contributed by atoms with Gasteiger partial charge in [0.15, 0.2) is 5.96 Å². The maximum Gasteiger partial charge on any atom is 0.239 e. The van der Waals surface area contributed by atoms with E-state index in [0.29, 0.717) is 13.2 Å². The zero-order valence-electron chi connectivity index (χ0n) is 17.7. The van der Waals surface area contributed by atoms with Crippen molar-refractivity contribution in [3.8, 4) is 5.75 Å². The Labute approximate surface area is 169 Å². The lowest BCUT2D eigenvalue weighted by Crippen LogP contribution is -2.44. The number of aliphatic imine (C=N–C) groups is 1. The minimum Gasteiger partial charge on any atom is -0.492 e. The molecule has 1 aliphatic heterocycles. The lowest BCUT2D eigenvalue weighted by atomic mass is 10.2. The summed E-state index contributed by atoms with van der Waals surface area (Å²) in [7, 11) is 5.43. The van der Waals surface area contributed by atoms with Gasteiger partial charge in [0, 0.05) is 34.2 Å². The lowest BCUT2D eigenvalue weighted by Gasteiger charge is -2.26. The fraction of sp³-hybridized carbons (Fsp3) is 0.619. The molecule has 0 aromatic heterocycles. The summed E-state index contributed by atoms with van der Waals surface area (Å²) in [4.78, 5) is 20.5. The SMILES string of the molecule is CN=C(NCCCN1CCCC1C(=O)N(C)C)NCCOc1ccc(C)cc1. The minimum absolute atomic E-state index is 0.0476. The van der Waals surface area contributed by atoms with Crippen LogP contribution in [0.25, 0.3) is 0 Å². The van der Waals surface area contributed by atoms with Crippen LogP contribution in [0.15, 0.2) is 29.3 Å². The number of hydrogen-bond donors (Lipinski definition) is 2. The molecule has 7 heteroatoms. The molecule has 2 N–H and O–H groups in total. The molecule has 1 aromatic carbocycles. The minimum atomic E-state index is 0.0476. The Balaban J connectivity index is 1.60. The third-order valence-electron chi connectivity index (χ3n) is 4.91. The summed E-state index contributed by atoms with van der Waals surface area (Å²) >= 11 is 0. The third kappa shape index (κ3) is 7.03. The highest BCUT2D eigenvalue weighted by Crippen LogP contribution is 2.18. The number of likely N-dealkylation sites (tertiary alicyclic amines) is 1. The van der Waals surface area contributed by atoms with Crippen LogP contribution in [-0.4, -0.2) is 81.6 Å². The first-order valence-electron chi connectivity index (χ1n) is 10.1. The highest BCUT2D eigenvalue weighted by atomic mass is 16.5. The molecule has 0 spiro atoms. The van der Waals surface area contributed by atoms with Crippen molar-refractivity contribution >= 4 is 11.9 Å². The molecule has 1 atom stereocenters. The highest BCUT2D eigenvalue weighted by Gasteiger charge is 2.30. The quantitative estimate of drug-likeness (QED) is 0.380. The van der Waals surface area contributed by atoms with Crippen molar-refractivity contribution in [2.75, 3.05) is 53.9 Å². The molecule has 1 fully saturated rings. The summed E-state index contributed by atoms with van der Waals surface area (Å²) in [5.41, 5.74) is 1.22. The van der Waals surface area contributed by atoms with Gasteiger partial charge in [-0.25, -0.2) is 0 Å². The van der Waals surface area contributed by atoms with Gasteiger partial charge in [-0.2, -0.15) is 0 Å². The number of nitrogens with one attached hydrogen (secondary N) is 2. The van der Waals surface area contributed by atoms with E-state index in [1.165, 1.54) is 5.56 Å². The summed E-state index contributed by atoms with van der Waals surface area (Å²) in [5.74, 6) is 1.87. The fourth-order valence-corrected chi connectivity index (χ4v) is 3.35. The number of likely N-dealkylation sites (N-methyl/N-ethyl adjacent to an activating group) is 1. The van der Waals surface area contributed by atoms with Gasteiger partial charge >= 0.3 is 0 Å². The standard InChI is InChI=1S/C21H35N5O2/c1-17-8-10-18(11-9-17)28-16-13-24-21(22-2)23-12-6-15-26-14-5-7-19(26)20(27)25(3)4/h8-11,19H,5-7,12-16H2,1-4H3,(H2,22,23,24). The zero-order chi connectivity index (χ0) is 20.4. The topological polar surface area (TPSA) is 69.2 Å². The van der Waals surface area contributed by atoms with E-state index in [-0.39, 0.29) is 11.9 Å². The van der Waals surface area contributed by atoms with Crippen LogP contribution in [-0.2, 0) is 4.79 Å². The van der Waals surface area contributed by atoms with Crippen LogP contribution in [0, 0.1) is 6.92 Å². The van der Waals surface area contributed by atoms with E-state index in [1.807, 2.05) is 38.4 Å². The molecule has 1 amide bonds. The summed E-state index contributed by atoms with van der Waals surface area (Å²) < 4.78 is 5.71. The maximum absolute atomic E-state index is 12.2. The van der Waals surface area contributed by atoms with E-state index in [0.717, 1.165) is 50.6 Å². The largest absolute Gasteiger partial charge is 0.492 e. The summed E-state index contributed by atoms with van der Waals surface area (Å²) in [6.07, 6.45) is 3.04. The van der Waals surface area contributed by atoms with Crippen molar-refractivity contribution in [2.24, 2.45) is 4.99 Å². The molecule has 1 aromatic rings. The molecule has 2 rings (SSSR count). The molecule has 0 bridgehead atoms. The smallest absolute Gasteiger partial charge is 0.239 e. The predicted molar refractivity (Wildman–Crippen MR) is 114 cm³/mol. The number of ether oxygens (including phenoxy) is 1. The molecule has 0 aliphatic carbocycles. The van der Waals surface area contributed by atoms with Crippen LogP contribution < -0.4 is 15.4 Å². The average molecular weight is 390 g/mol. The van der Waals surface area contributed by atoms with Crippen molar-refractivity contribution < 1.29 is 9.53 Å². The average Bonchev–Trinajstić information content (AvgIpc) is 3.15. The van der Waals surface area contributed by atoms with Crippen LogP contribution in [0.2, 0.25) is 0 Å². The summed E-state index contributed by atoms with van der Waals surface area (Å²) in [6.45, 7) is 6.06. The van der Waals surface area contributed by atoms with E-state index in [1.54, 1.807) is 11.9 Å². The number of carbonyl (C=O) groups is 1. The zero-order valence-corrected chi connectivity index (χ0v) is 17.7. The molecular weight excluding hydrogens is 354 g/mol. The first-order chi connectivity index (χ1) is 13.5. The summed E-state index contributed by atoms with van der Waals surface area (Å²) in [6, 6.07) is 8.09. The molecule has 1 unspecified atom stereocenters. The van der Waals surface area contributed by atoms with Gasteiger partial charge in [0.2, 0.25) is 5.91 Å². The second-order valence-corrected chi connectivity index (χ2v) is 7.37. The second kappa shape index (κ2) is 11.5. The first kappa shape index (κ1) is 22.0. The van der Waals surface area contributed by atoms with Crippen LogP contribution in [0.3, 0.4) is 0 Å². The molecule has 0 radical (unpaired) electrons. The van der Waals surface area contributed by atoms with Gasteiger partial charge in [-0.15, -0.1) is 0 Å². The molecule has 1 aliphatic rings. The van der Waals surface area contributed by atoms with Gasteiger partial charge in [-0.3, -0.25) is 14.7 Å². The van der Waals surface area contributed by atoms with Gasteiger partial charge in [-0.1, -0.05) is 17.7 Å². The molecule has 7 nitrogen and oxygen atoms in total. The first-order valence-corrected chi connectivity index (χ1v) is 10.1. The number of hydrogen-bond acceptors (Lipinski definition) is 4. The Morgan fingerprint density at radius 2 is 1.96 bits per heavy atom. The number of benzene rings is 1. The summed E-state index contributed by atoms with van der Waals surface area (Å²) in [5, 5.41) is 6.59. The molecule has 156 valence electrons. The van der Waals surface area contributed by atoms with E-state index in [2.05, 4.69) is 27.4 Å². The van der Waals surface area contributed by atoms with Crippen molar-refractivity contribution in [2.45, 2.75) is 32.2 Å². The maximum atomic E-state index is 12.2. The number of carbonyl (C=O) groups excluding carboxylic acids is 1. The molecule has 0 saturated carbocycles. The normalized spacial score (nSPS) is 17.4. The van der Waals surface area contributed by atoms with Crippen LogP contribution in [0.1, 0.15) is 24.8 Å². The van der Waals surface area contributed by atoms with E-state index < -0.39 is 0 Å². The van der Waals surface area contributed by atoms with Gasteiger partial charge < -0.3 is 20.3 Å². The number of aryl methyl sites for hydroxylation is 1. The molecule has 28 heavy (non-hydrogen) atoms. The fourth-order valence-electron chi connectivity index (χ4n) is 3.35. The Morgan fingerprint density at radius 3 is 2.64 bits per heavy atom. The second-order valence-electron chi connectivity index (χ2n) is 7.37. The predicted octanol–water partition coefficient (Wildman–Crippen LogP) is 1.48. The Hall–Kier alpha value is -2.28. The Bertz CT molecular complexity index is 630. The van der Waals surface area contributed by atoms with Gasteiger partial charge in [0.1, 0.15) is 12.4 Å². The van der Waals surface area contributed by atoms with Crippen molar-refractivity contribution in [3.63, 3.8) is 0 Å². The monoisotopic (exact) mass is 389 g/mol. The Kier molecular flexibility index (Phi) is 9.07. The van der Waals surface area contributed by atoms with E-state index >= 15 is 0 Å².